The van der Waals surface area contributed by atoms with Crippen LogP contribution in [0.25, 0.3) is 0 Å². The Kier molecular flexibility index (Phi) is 7.88. The van der Waals surface area contributed by atoms with E-state index in [1.807, 2.05) is 25.6 Å². The lowest BCUT2D eigenvalue weighted by Crippen LogP contribution is -2.42. The van der Waals surface area contributed by atoms with E-state index in [0.29, 0.717) is 11.3 Å². The average Bonchev–Trinajstić information content (AvgIpc) is 2.14. The number of esters is 1. The van der Waals surface area contributed by atoms with Crippen LogP contribution >= 0.6 is 11.8 Å². The summed E-state index contributed by atoms with van der Waals surface area (Å²) in [4.78, 5) is 11.4. The number of carbonyl (C=O) groups is 1. The second-order valence-corrected chi connectivity index (χ2v) is 5.79. The zero-order valence-corrected chi connectivity index (χ0v) is 11.2. The molecule has 15 heavy (non-hydrogen) atoms. The van der Waals surface area contributed by atoms with Crippen molar-refractivity contribution in [2.75, 3.05) is 12.9 Å². The minimum Gasteiger partial charge on any atom is -0.468 e. The van der Waals surface area contributed by atoms with E-state index >= 15 is 0 Å². The third kappa shape index (κ3) is 7.68. The first-order chi connectivity index (χ1) is 6.97. The first-order valence-electron chi connectivity index (χ1n) is 5.42. The number of nitrogens with one attached hydrogen (secondary N) is 1. The molecule has 0 radical (unpaired) electrons. The highest BCUT2D eigenvalue weighted by atomic mass is 32.2. The summed E-state index contributed by atoms with van der Waals surface area (Å²) in [5.41, 5.74) is 0. The SMILES string of the molecule is COC(=O)C(CCSC(C)C)NC(C)C. The van der Waals surface area contributed by atoms with Gasteiger partial charge in [0.2, 0.25) is 0 Å². The normalized spacial score (nSPS) is 13.3. The fraction of sp³-hybridized carbons (Fsp3) is 0.909. The third-order valence-electron chi connectivity index (χ3n) is 1.88. The molecule has 0 heterocycles. The van der Waals surface area contributed by atoms with Crippen molar-refractivity contribution in [2.24, 2.45) is 0 Å². The average molecular weight is 233 g/mol. The molecule has 1 N–H and O–H groups in total. The first-order valence-corrected chi connectivity index (χ1v) is 6.47. The quantitative estimate of drug-likeness (QED) is 0.683. The van der Waals surface area contributed by atoms with Gasteiger partial charge in [-0.05, 0) is 17.4 Å². The predicted octanol–water partition coefficient (Wildman–Crippen LogP) is 2.06. The molecule has 0 aromatic carbocycles. The summed E-state index contributed by atoms with van der Waals surface area (Å²) in [6, 6.07) is 0.138. The highest BCUT2D eigenvalue weighted by Crippen LogP contribution is 2.12. The van der Waals surface area contributed by atoms with Crippen LogP contribution in [0.2, 0.25) is 0 Å². The monoisotopic (exact) mass is 233 g/mol. The summed E-state index contributed by atoms with van der Waals surface area (Å²) in [6.07, 6.45) is 0.827. The Balaban J connectivity index is 3.96. The molecule has 1 atom stereocenters. The molecular formula is C11H23NO2S. The summed E-state index contributed by atoms with van der Waals surface area (Å²) in [5.74, 6) is 0.824. The molecule has 0 aliphatic rings. The van der Waals surface area contributed by atoms with Gasteiger partial charge >= 0.3 is 5.97 Å². The highest BCUT2D eigenvalue weighted by Gasteiger charge is 2.19. The van der Waals surface area contributed by atoms with Crippen molar-refractivity contribution in [3.05, 3.63) is 0 Å². The molecule has 0 bridgehead atoms. The van der Waals surface area contributed by atoms with Crippen LogP contribution in [-0.4, -0.2) is 36.2 Å². The summed E-state index contributed by atoms with van der Waals surface area (Å²) < 4.78 is 4.76. The van der Waals surface area contributed by atoms with Crippen LogP contribution in [-0.2, 0) is 9.53 Å². The van der Waals surface area contributed by atoms with Crippen molar-refractivity contribution in [1.29, 1.82) is 0 Å². The molecule has 4 heteroatoms. The molecule has 0 aromatic rings. The van der Waals surface area contributed by atoms with E-state index in [0.717, 1.165) is 12.2 Å². The Morgan fingerprint density at radius 1 is 1.33 bits per heavy atom. The van der Waals surface area contributed by atoms with Gasteiger partial charge in [0.15, 0.2) is 0 Å². The number of hydrogen-bond acceptors (Lipinski definition) is 4. The van der Waals surface area contributed by atoms with Gasteiger partial charge in [0.1, 0.15) is 6.04 Å². The molecule has 0 fully saturated rings. The van der Waals surface area contributed by atoms with Crippen LogP contribution < -0.4 is 5.32 Å². The van der Waals surface area contributed by atoms with Gasteiger partial charge in [-0.3, -0.25) is 4.79 Å². The maximum atomic E-state index is 11.4. The molecule has 0 amide bonds. The molecule has 0 aliphatic heterocycles. The van der Waals surface area contributed by atoms with Crippen LogP contribution in [0.3, 0.4) is 0 Å². The molecule has 3 nitrogen and oxygen atoms in total. The van der Waals surface area contributed by atoms with Crippen LogP contribution in [0.1, 0.15) is 34.1 Å². The molecule has 0 saturated heterocycles. The van der Waals surface area contributed by atoms with E-state index < -0.39 is 0 Å². The molecule has 0 aromatic heterocycles. The lowest BCUT2D eigenvalue weighted by molar-refractivity contribution is -0.143. The number of ether oxygens (including phenoxy) is 1. The number of thioether (sulfide) groups is 1. The summed E-state index contributed by atoms with van der Waals surface area (Å²) in [6.45, 7) is 8.39. The molecule has 90 valence electrons. The van der Waals surface area contributed by atoms with E-state index in [2.05, 4.69) is 19.2 Å². The van der Waals surface area contributed by atoms with Crippen LogP contribution in [0.15, 0.2) is 0 Å². The van der Waals surface area contributed by atoms with Gasteiger partial charge in [-0.25, -0.2) is 0 Å². The highest BCUT2D eigenvalue weighted by molar-refractivity contribution is 7.99. The van der Waals surface area contributed by atoms with Crippen molar-refractivity contribution in [3.63, 3.8) is 0 Å². The third-order valence-corrected chi connectivity index (χ3v) is 3.02. The molecule has 1 unspecified atom stereocenters. The van der Waals surface area contributed by atoms with Gasteiger partial charge in [-0.2, -0.15) is 11.8 Å². The molecule has 0 saturated carbocycles. The van der Waals surface area contributed by atoms with Crippen molar-refractivity contribution in [3.8, 4) is 0 Å². The number of rotatable bonds is 7. The second kappa shape index (κ2) is 7.99. The Morgan fingerprint density at radius 3 is 2.33 bits per heavy atom. The lowest BCUT2D eigenvalue weighted by Gasteiger charge is -2.19. The van der Waals surface area contributed by atoms with Crippen LogP contribution in [0.4, 0.5) is 0 Å². The standard InChI is InChI=1S/C11H23NO2S/c1-8(2)12-10(11(13)14-5)6-7-15-9(3)4/h8-10,12H,6-7H2,1-5H3. The first kappa shape index (κ1) is 14.8. The Hall–Kier alpha value is -0.220. The zero-order valence-electron chi connectivity index (χ0n) is 10.4. The molecular weight excluding hydrogens is 210 g/mol. The second-order valence-electron chi connectivity index (χ2n) is 4.11. The minimum atomic E-state index is -0.166. The number of carbonyl (C=O) groups excluding carboxylic acids is 1. The molecule has 0 aliphatic carbocycles. The molecule has 0 spiro atoms. The van der Waals surface area contributed by atoms with E-state index in [1.54, 1.807) is 0 Å². The van der Waals surface area contributed by atoms with Crippen molar-refractivity contribution in [2.45, 2.75) is 51.4 Å². The summed E-state index contributed by atoms with van der Waals surface area (Å²) >= 11 is 1.87. The van der Waals surface area contributed by atoms with Crippen molar-refractivity contribution in [1.82, 2.24) is 5.32 Å². The largest absolute Gasteiger partial charge is 0.468 e. The number of hydrogen-bond donors (Lipinski definition) is 1. The summed E-state index contributed by atoms with van der Waals surface area (Å²) in [7, 11) is 1.44. The fourth-order valence-corrected chi connectivity index (χ4v) is 2.08. The number of methoxy groups -OCH3 is 1. The van der Waals surface area contributed by atoms with Gasteiger partial charge in [-0.15, -0.1) is 0 Å². The summed E-state index contributed by atoms with van der Waals surface area (Å²) in [5, 5.41) is 3.83. The van der Waals surface area contributed by atoms with Gasteiger partial charge in [0.25, 0.3) is 0 Å². The van der Waals surface area contributed by atoms with E-state index in [1.165, 1.54) is 7.11 Å². The topological polar surface area (TPSA) is 38.3 Å². The van der Waals surface area contributed by atoms with Gasteiger partial charge in [0, 0.05) is 6.04 Å². The Morgan fingerprint density at radius 2 is 1.93 bits per heavy atom. The van der Waals surface area contributed by atoms with E-state index in [-0.39, 0.29) is 12.0 Å². The van der Waals surface area contributed by atoms with Gasteiger partial charge in [0.05, 0.1) is 7.11 Å². The van der Waals surface area contributed by atoms with Crippen molar-refractivity contribution >= 4 is 17.7 Å². The minimum absolute atomic E-state index is 0.159. The van der Waals surface area contributed by atoms with Crippen LogP contribution in [0.5, 0.6) is 0 Å². The Labute approximate surface area is 97.3 Å². The zero-order chi connectivity index (χ0) is 11.8. The van der Waals surface area contributed by atoms with Crippen molar-refractivity contribution < 1.29 is 9.53 Å². The predicted molar refractivity (Wildman–Crippen MR) is 66.3 cm³/mol. The van der Waals surface area contributed by atoms with E-state index in [4.69, 9.17) is 4.74 Å². The fourth-order valence-electron chi connectivity index (χ4n) is 1.24. The van der Waals surface area contributed by atoms with E-state index in [9.17, 15) is 4.79 Å². The van der Waals surface area contributed by atoms with Crippen LogP contribution in [0, 0.1) is 0 Å². The maximum Gasteiger partial charge on any atom is 0.322 e. The Bertz CT molecular complexity index is 183. The smallest absolute Gasteiger partial charge is 0.322 e. The lowest BCUT2D eigenvalue weighted by atomic mass is 10.2. The maximum absolute atomic E-state index is 11.4. The molecule has 0 rings (SSSR count). The van der Waals surface area contributed by atoms with Gasteiger partial charge in [-0.1, -0.05) is 27.7 Å². The van der Waals surface area contributed by atoms with Gasteiger partial charge < -0.3 is 10.1 Å².